The third-order valence-corrected chi connectivity index (χ3v) is 3.85. The van der Waals surface area contributed by atoms with Crippen molar-refractivity contribution in [3.8, 4) is 0 Å². The topological polar surface area (TPSA) is 49.3 Å². The van der Waals surface area contributed by atoms with Crippen LogP contribution in [0.4, 0.5) is 0 Å². The molecule has 0 heterocycles. The van der Waals surface area contributed by atoms with Crippen molar-refractivity contribution < 1.29 is 9.90 Å². The fraction of sp³-hybridized carbons (Fsp3) is 0.944. The second-order valence-electron chi connectivity index (χ2n) is 6.29. The maximum atomic E-state index is 11.4. The maximum Gasteiger partial charge on any atom is 0.220 e. The molecule has 21 heavy (non-hydrogen) atoms. The second kappa shape index (κ2) is 15.8. The summed E-state index contributed by atoms with van der Waals surface area (Å²) in [6, 6.07) is 0. The van der Waals surface area contributed by atoms with Crippen LogP contribution in [0.25, 0.3) is 0 Å². The highest BCUT2D eigenvalue weighted by Gasteiger charge is 2.02. The molecule has 0 saturated carbocycles. The number of hydrogen-bond donors (Lipinski definition) is 2. The van der Waals surface area contributed by atoms with Gasteiger partial charge >= 0.3 is 0 Å². The van der Waals surface area contributed by atoms with Crippen molar-refractivity contribution in [2.45, 2.75) is 103 Å². The summed E-state index contributed by atoms with van der Waals surface area (Å²) in [6.45, 7) is 4.32. The van der Waals surface area contributed by atoms with Crippen LogP contribution in [-0.2, 0) is 4.79 Å². The zero-order valence-electron chi connectivity index (χ0n) is 14.3. The first-order valence-electron chi connectivity index (χ1n) is 9.11. The maximum absolute atomic E-state index is 11.4. The van der Waals surface area contributed by atoms with Crippen LogP contribution < -0.4 is 5.32 Å². The van der Waals surface area contributed by atoms with E-state index in [4.69, 9.17) is 5.11 Å². The molecular weight excluding hydrogens is 262 g/mol. The lowest BCUT2D eigenvalue weighted by Gasteiger charge is -2.07. The number of aliphatic hydroxyl groups is 1. The van der Waals surface area contributed by atoms with Gasteiger partial charge in [-0.05, 0) is 13.3 Å². The summed E-state index contributed by atoms with van der Waals surface area (Å²) >= 11 is 0. The Bertz CT molecular complexity index is 229. The molecule has 0 fully saturated rings. The average molecular weight is 299 g/mol. The van der Waals surface area contributed by atoms with Crippen LogP contribution in [0.1, 0.15) is 97.3 Å². The fourth-order valence-electron chi connectivity index (χ4n) is 2.48. The summed E-state index contributed by atoms with van der Waals surface area (Å²) in [6.07, 6.45) is 15.9. The molecule has 0 aliphatic carbocycles. The minimum Gasteiger partial charge on any atom is -0.392 e. The van der Waals surface area contributed by atoms with Crippen LogP contribution in [0.15, 0.2) is 0 Å². The summed E-state index contributed by atoms with van der Waals surface area (Å²) in [4.78, 5) is 11.4. The molecule has 1 amide bonds. The highest BCUT2D eigenvalue weighted by atomic mass is 16.3. The van der Waals surface area contributed by atoms with Crippen molar-refractivity contribution >= 4 is 5.91 Å². The van der Waals surface area contributed by atoms with Crippen molar-refractivity contribution in [1.29, 1.82) is 0 Å². The quantitative estimate of drug-likeness (QED) is 0.435. The van der Waals surface area contributed by atoms with Crippen LogP contribution in [0.5, 0.6) is 0 Å². The summed E-state index contributed by atoms with van der Waals surface area (Å²) in [5.74, 6) is 0.0722. The standard InChI is InChI=1S/C18H37NO2/c1-3-4-5-6-7-8-9-10-11-12-13-14-15-18(21)19-16-17(2)20/h17,20H,3-16H2,1-2H3,(H,19,21). The first kappa shape index (κ1) is 20.4. The number of carbonyl (C=O) groups excluding carboxylic acids is 1. The van der Waals surface area contributed by atoms with Crippen LogP contribution in [0.3, 0.4) is 0 Å². The van der Waals surface area contributed by atoms with Gasteiger partial charge in [-0.3, -0.25) is 4.79 Å². The Morgan fingerprint density at radius 3 is 1.71 bits per heavy atom. The molecule has 0 aromatic carbocycles. The van der Waals surface area contributed by atoms with Gasteiger partial charge in [0.25, 0.3) is 0 Å². The highest BCUT2D eigenvalue weighted by molar-refractivity contribution is 5.75. The lowest BCUT2D eigenvalue weighted by Crippen LogP contribution is -2.30. The van der Waals surface area contributed by atoms with E-state index in [0.29, 0.717) is 13.0 Å². The van der Waals surface area contributed by atoms with Gasteiger partial charge < -0.3 is 10.4 Å². The Balaban J connectivity index is 3.10. The van der Waals surface area contributed by atoms with Crippen LogP contribution in [0, 0.1) is 0 Å². The molecule has 0 aliphatic rings. The van der Waals surface area contributed by atoms with Crippen molar-refractivity contribution in [1.82, 2.24) is 5.32 Å². The van der Waals surface area contributed by atoms with Crippen LogP contribution in [0.2, 0.25) is 0 Å². The van der Waals surface area contributed by atoms with E-state index in [9.17, 15) is 4.79 Å². The normalized spacial score (nSPS) is 12.3. The molecule has 2 N–H and O–H groups in total. The van der Waals surface area contributed by atoms with Gasteiger partial charge in [0.05, 0.1) is 6.10 Å². The molecule has 3 nitrogen and oxygen atoms in total. The van der Waals surface area contributed by atoms with Crippen LogP contribution in [-0.4, -0.2) is 23.7 Å². The van der Waals surface area contributed by atoms with E-state index in [1.165, 1.54) is 64.2 Å². The summed E-state index contributed by atoms with van der Waals surface area (Å²) in [7, 11) is 0. The van der Waals surface area contributed by atoms with Gasteiger partial charge in [0.1, 0.15) is 0 Å². The van der Waals surface area contributed by atoms with Crippen molar-refractivity contribution in [3.63, 3.8) is 0 Å². The average Bonchev–Trinajstić information content (AvgIpc) is 2.46. The van der Waals surface area contributed by atoms with E-state index < -0.39 is 6.10 Å². The summed E-state index contributed by atoms with van der Waals surface area (Å²) in [5.41, 5.74) is 0. The van der Waals surface area contributed by atoms with Gasteiger partial charge in [-0.2, -0.15) is 0 Å². The Morgan fingerprint density at radius 1 is 0.857 bits per heavy atom. The summed E-state index contributed by atoms with van der Waals surface area (Å²) in [5, 5.41) is 11.8. The molecule has 0 aliphatic heterocycles. The van der Waals surface area contributed by atoms with E-state index in [-0.39, 0.29) is 5.91 Å². The summed E-state index contributed by atoms with van der Waals surface area (Å²) < 4.78 is 0. The minimum absolute atomic E-state index is 0.0722. The number of hydrogen-bond acceptors (Lipinski definition) is 2. The Morgan fingerprint density at radius 2 is 1.29 bits per heavy atom. The number of carbonyl (C=O) groups is 1. The molecule has 0 radical (unpaired) electrons. The van der Waals surface area contributed by atoms with Gasteiger partial charge in [0.15, 0.2) is 0 Å². The zero-order valence-corrected chi connectivity index (χ0v) is 14.3. The largest absolute Gasteiger partial charge is 0.392 e. The predicted octanol–water partition coefficient (Wildman–Crippen LogP) is 4.57. The molecule has 1 atom stereocenters. The lowest BCUT2D eigenvalue weighted by molar-refractivity contribution is -0.121. The number of amides is 1. The number of unbranched alkanes of at least 4 members (excludes halogenated alkanes) is 11. The van der Waals surface area contributed by atoms with Crippen LogP contribution >= 0.6 is 0 Å². The number of rotatable bonds is 15. The molecule has 3 heteroatoms. The Kier molecular flexibility index (Phi) is 15.4. The lowest BCUT2D eigenvalue weighted by atomic mass is 10.0. The van der Waals surface area contributed by atoms with Gasteiger partial charge in [0.2, 0.25) is 5.91 Å². The fourth-order valence-corrected chi connectivity index (χ4v) is 2.48. The van der Waals surface area contributed by atoms with Crippen molar-refractivity contribution in [3.05, 3.63) is 0 Å². The smallest absolute Gasteiger partial charge is 0.220 e. The molecular formula is C18H37NO2. The Labute approximate surface area is 131 Å². The number of nitrogens with one attached hydrogen (secondary N) is 1. The SMILES string of the molecule is CCCCCCCCCCCCCCC(=O)NCC(C)O. The van der Waals surface area contributed by atoms with E-state index in [0.717, 1.165) is 12.8 Å². The third kappa shape index (κ3) is 17.4. The monoisotopic (exact) mass is 299 g/mol. The predicted molar refractivity (Wildman–Crippen MR) is 90.4 cm³/mol. The van der Waals surface area contributed by atoms with Gasteiger partial charge in [-0.15, -0.1) is 0 Å². The van der Waals surface area contributed by atoms with Crippen molar-refractivity contribution in [2.24, 2.45) is 0 Å². The zero-order chi connectivity index (χ0) is 15.8. The molecule has 126 valence electrons. The van der Waals surface area contributed by atoms with Gasteiger partial charge in [0, 0.05) is 13.0 Å². The Hall–Kier alpha value is -0.570. The molecule has 1 unspecified atom stereocenters. The molecule has 0 spiro atoms. The third-order valence-electron chi connectivity index (χ3n) is 3.85. The molecule has 0 aromatic rings. The van der Waals surface area contributed by atoms with Crippen molar-refractivity contribution in [2.75, 3.05) is 6.54 Å². The highest BCUT2D eigenvalue weighted by Crippen LogP contribution is 2.12. The first-order chi connectivity index (χ1) is 10.2. The van der Waals surface area contributed by atoms with Gasteiger partial charge in [-0.1, -0.05) is 77.6 Å². The first-order valence-corrected chi connectivity index (χ1v) is 9.11. The van der Waals surface area contributed by atoms with E-state index in [1.54, 1.807) is 6.92 Å². The molecule has 0 aromatic heterocycles. The van der Waals surface area contributed by atoms with Gasteiger partial charge in [-0.25, -0.2) is 0 Å². The minimum atomic E-state index is -0.448. The van der Waals surface area contributed by atoms with E-state index in [1.807, 2.05) is 0 Å². The molecule has 0 rings (SSSR count). The van der Waals surface area contributed by atoms with E-state index >= 15 is 0 Å². The molecule has 0 saturated heterocycles. The second-order valence-corrected chi connectivity index (χ2v) is 6.29. The number of aliphatic hydroxyl groups excluding tert-OH is 1. The molecule has 0 bridgehead atoms. The van der Waals surface area contributed by atoms with E-state index in [2.05, 4.69) is 12.2 Å².